The maximum absolute atomic E-state index is 12.9. The number of aromatic nitrogens is 1. The number of aryl methyl sites for hydroxylation is 1. The number of nitrogens with zero attached hydrogens (tertiary/aromatic N) is 3. The first kappa shape index (κ1) is 25.1. The average molecular weight is 540 g/mol. The van der Waals surface area contributed by atoms with Crippen molar-refractivity contribution in [2.75, 3.05) is 25.3 Å². The Balaban J connectivity index is 1.70. The number of hydrogen-bond donors (Lipinski definition) is 0. The van der Waals surface area contributed by atoms with Gasteiger partial charge in [0.15, 0.2) is 14.6 Å². The van der Waals surface area contributed by atoms with Crippen molar-refractivity contribution < 1.29 is 21.6 Å². The van der Waals surface area contributed by atoms with Crippen LogP contribution in [-0.4, -0.2) is 63.0 Å². The smallest absolute Gasteiger partial charge is 0.279 e. The second kappa shape index (κ2) is 9.57. The van der Waals surface area contributed by atoms with E-state index >= 15 is 0 Å². The van der Waals surface area contributed by atoms with Crippen LogP contribution in [0, 0.1) is 0 Å². The average Bonchev–Trinajstić information content (AvgIpc) is 3.58. The van der Waals surface area contributed by atoms with Gasteiger partial charge in [0.05, 0.1) is 20.0 Å². The topological polar surface area (TPSA) is 106 Å². The number of hydrogen-bond acceptors (Lipinski definition) is 7. The summed E-state index contributed by atoms with van der Waals surface area (Å²) < 4.78 is 53.3. The largest absolute Gasteiger partial charge is 0.316 e. The number of carbonyl (C=O) groups is 1. The number of fused-ring (bicyclic) bond motifs is 1. The molecular weight excluding hydrogens is 515 g/mol. The number of amides is 1. The maximum atomic E-state index is 12.9. The van der Waals surface area contributed by atoms with Gasteiger partial charge in [-0.05, 0) is 61.6 Å². The molecule has 182 valence electrons. The highest BCUT2D eigenvalue weighted by Gasteiger charge is 2.35. The van der Waals surface area contributed by atoms with Crippen LogP contribution in [0.2, 0.25) is 0 Å². The second-order valence-electron chi connectivity index (χ2n) is 8.12. The molecule has 12 heteroatoms. The van der Waals surface area contributed by atoms with Gasteiger partial charge < -0.3 is 4.57 Å². The van der Waals surface area contributed by atoms with E-state index in [-0.39, 0.29) is 21.4 Å². The monoisotopic (exact) mass is 539 g/mol. The van der Waals surface area contributed by atoms with E-state index in [1.807, 2.05) is 10.8 Å². The molecule has 0 radical (unpaired) electrons. The van der Waals surface area contributed by atoms with Crippen molar-refractivity contribution in [3.8, 4) is 0 Å². The fraction of sp³-hybridized carbons (Fsp3) is 0.364. The van der Waals surface area contributed by atoms with E-state index in [1.54, 1.807) is 37.0 Å². The van der Waals surface area contributed by atoms with Gasteiger partial charge in [-0.15, -0.1) is 0 Å². The summed E-state index contributed by atoms with van der Waals surface area (Å²) in [7, 11) is -5.38. The minimum atomic E-state index is -3.59. The third kappa shape index (κ3) is 5.15. The van der Waals surface area contributed by atoms with E-state index < -0.39 is 25.8 Å². The lowest BCUT2D eigenvalue weighted by molar-refractivity contribution is 0.0997. The van der Waals surface area contributed by atoms with Gasteiger partial charge in [-0.2, -0.15) is 21.1 Å². The van der Waals surface area contributed by atoms with Crippen LogP contribution in [0.15, 0.2) is 57.2 Å². The molecule has 1 amide bonds. The fourth-order valence-electron chi connectivity index (χ4n) is 3.49. The van der Waals surface area contributed by atoms with Gasteiger partial charge >= 0.3 is 0 Å². The number of benzene rings is 2. The van der Waals surface area contributed by atoms with E-state index in [4.69, 9.17) is 0 Å². The lowest BCUT2D eigenvalue weighted by atomic mass is 10.2. The molecule has 8 nitrogen and oxygen atoms in total. The molecule has 0 N–H and O–H groups in total. The van der Waals surface area contributed by atoms with Gasteiger partial charge in [0, 0.05) is 37.2 Å². The normalized spacial score (nSPS) is 15.4. The van der Waals surface area contributed by atoms with Crippen molar-refractivity contribution in [2.24, 2.45) is 4.99 Å². The molecule has 0 aliphatic heterocycles. The Bertz CT molecular complexity index is 1520. The third-order valence-electron chi connectivity index (χ3n) is 5.64. The van der Waals surface area contributed by atoms with Crippen molar-refractivity contribution in [3.63, 3.8) is 0 Å². The first-order valence-electron chi connectivity index (χ1n) is 10.5. The molecule has 0 unspecified atom stereocenters. The molecule has 2 aromatic carbocycles. The number of sulfonamides is 1. The summed E-state index contributed by atoms with van der Waals surface area (Å²) in [5.74, 6) is 0.301. The highest BCUT2D eigenvalue weighted by molar-refractivity contribution is 7.98. The molecule has 0 bridgehead atoms. The fourth-order valence-corrected chi connectivity index (χ4v) is 7.09. The highest BCUT2D eigenvalue weighted by Crippen LogP contribution is 2.30. The summed E-state index contributed by atoms with van der Waals surface area (Å²) in [6, 6.07) is 10.8. The molecule has 1 aromatic heterocycles. The summed E-state index contributed by atoms with van der Waals surface area (Å²) in [6.45, 7) is 0.607. The van der Waals surface area contributed by atoms with Crippen molar-refractivity contribution >= 4 is 59.1 Å². The first-order valence-corrected chi connectivity index (χ1v) is 16.1. The number of thiazole rings is 1. The number of thioether (sulfide) groups is 1. The SMILES string of the molecule is CSCCn1c(=NC(=O)c2ccc(S(=O)(=O)N(C)C3CC3)cc2)sc2cc(S(C)(=O)=O)ccc21. The molecule has 1 aliphatic carbocycles. The van der Waals surface area contributed by atoms with Crippen LogP contribution >= 0.6 is 23.1 Å². The summed E-state index contributed by atoms with van der Waals surface area (Å²) >= 11 is 2.90. The summed E-state index contributed by atoms with van der Waals surface area (Å²) in [5, 5.41) is 0. The Morgan fingerprint density at radius 2 is 1.76 bits per heavy atom. The van der Waals surface area contributed by atoms with E-state index in [0.717, 1.165) is 35.1 Å². The van der Waals surface area contributed by atoms with Gasteiger partial charge in [-0.1, -0.05) is 11.3 Å². The quantitative estimate of drug-likeness (QED) is 0.436. The first-order chi connectivity index (χ1) is 16.0. The van der Waals surface area contributed by atoms with Crippen LogP contribution in [0.5, 0.6) is 0 Å². The Hall–Kier alpha value is -1.99. The molecule has 1 heterocycles. The van der Waals surface area contributed by atoms with Crippen LogP contribution in [0.25, 0.3) is 10.2 Å². The summed E-state index contributed by atoms with van der Waals surface area (Å²) in [6.07, 6.45) is 4.87. The van der Waals surface area contributed by atoms with E-state index in [9.17, 15) is 21.6 Å². The maximum Gasteiger partial charge on any atom is 0.279 e. The van der Waals surface area contributed by atoms with Gasteiger partial charge in [0.25, 0.3) is 5.91 Å². The van der Waals surface area contributed by atoms with Crippen LogP contribution in [0.3, 0.4) is 0 Å². The summed E-state index contributed by atoms with van der Waals surface area (Å²) in [4.78, 5) is 18.0. The Labute approximate surface area is 207 Å². The molecule has 1 saturated carbocycles. The Kier molecular flexibility index (Phi) is 7.07. The van der Waals surface area contributed by atoms with E-state index in [2.05, 4.69) is 4.99 Å². The van der Waals surface area contributed by atoms with Crippen molar-refractivity contribution in [1.29, 1.82) is 0 Å². The number of carbonyl (C=O) groups excluding carboxylic acids is 1. The van der Waals surface area contributed by atoms with Gasteiger partial charge in [-0.25, -0.2) is 16.8 Å². The standard InChI is InChI=1S/C22H25N3O5S4/c1-24(16-6-7-16)34(29,30)17-8-4-15(5-9-17)21(26)23-22-25(12-13-31-2)19-11-10-18(33(3,27)28)14-20(19)32-22/h4-5,8-11,14,16H,6-7,12-13H2,1-3H3. The Morgan fingerprint density at radius 1 is 1.12 bits per heavy atom. The van der Waals surface area contributed by atoms with Crippen LogP contribution in [0.1, 0.15) is 23.2 Å². The van der Waals surface area contributed by atoms with Crippen LogP contribution in [-0.2, 0) is 26.4 Å². The minimum Gasteiger partial charge on any atom is -0.316 e. The zero-order valence-corrected chi connectivity index (χ0v) is 22.2. The number of rotatable bonds is 8. The molecule has 4 rings (SSSR count). The molecule has 1 aliphatic rings. The molecule has 1 fully saturated rings. The zero-order chi connectivity index (χ0) is 24.7. The molecule has 3 aromatic rings. The van der Waals surface area contributed by atoms with Crippen LogP contribution < -0.4 is 4.80 Å². The van der Waals surface area contributed by atoms with E-state index in [0.29, 0.717) is 11.3 Å². The molecule has 0 spiro atoms. The predicted octanol–water partition coefficient (Wildman–Crippen LogP) is 2.99. The molecule has 0 saturated heterocycles. The van der Waals surface area contributed by atoms with Gasteiger partial charge in [0.2, 0.25) is 10.0 Å². The lowest BCUT2D eigenvalue weighted by Gasteiger charge is -2.16. The minimum absolute atomic E-state index is 0.0502. The van der Waals surface area contributed by atoms with Crippen LogP contribution in [0.4, 0.5) is 0 Å². The highest BCUT2D eigenvalue weighted by atomic mass is 32.2. The molecule has 0 atom stereocenters. The van der Waals surface area contributed by atoms with Gasteiger partial charge in [0.1, 0.15) is 0 Å². The summed E-state index contributed by atoms with van der Waals surface area (Å²) in [5.41, 5.74) is 1.08. The molecule has 34 heavy (non-hydrogen) atoms. The van der Waals surface area contributed by atoms with Gasteiger partial charge in [-0.3, -0.25) is 4.79 Å². The zero-order valence-electron chi connectivity index (χ0n) is 19.0. The van der Waals surface area contributed by atoms with Crippen molar-refractivity contribution in [2.45, 2.75) is 35.2 Å². The lowest BCUT2D eigenvalue weighted by Crippen LogP contribution is -2.28. The predicted molar refractivity (Wildman–Crippen MR) is 136 cm³/mol. The Morgan fingerprint density at radius 3 is 2.35 bits per heavy atom. The van der Waals surface area contributed by atoms with Crippen molar-refractivity contribution in [1.82, 2.24) is 8.87 Å². The molecular formula is C22H25N3O5S4. The number of sulfone groups is 1. The second-order valence-corrected chi connectivity index (χ2v) is 14.1. The van der Waals surface area contributed by atoms with E-state index in [1.165, 1.54) is 39.9 Å². The third-order valence-corrected chi connectivity index (χ3v) is 10.3. The van der Waals surface area contributed by atoms with Crippen molar-refractivity contribution in [3.05, 3.63) is 52.8 Å².